The van der Waals surface area contributed by atoms with E-state index >= 15 is 0 Å². The van der Waals surface area contributed by atoms with E-state index in [-0.39, 0.29) is 17.3 Å². The molecule has 1 atom stereocenters. The summed E-state index contributed by atoms with van der Waals surface area (Å²) in [6, 6.07) is 13.0. The van der Waals surface area contributed by atoms with Gasteiger partial charge in [0.15, 0.2) is 0 Å². The van der Waals surface area contributed by atoms with Crippen LogP contribution >= 0.6 is 23.2 Å². The first kappa shape index (κ1) is 19.2. The molecule has 0 aliphatic carbocycles. The Hall–Kier alpha value is -1.60. The van der Waals surface area contributed by atoms with Gasteiger partial charge in [-0.1, -0.05) is 35.3 Å². The van der Waals surface area contributed by atoms with Gasteiger partial charge in [-0.2, -0.15) is 4.31 Å². The summed E-state index contributed by atoms with van der Waals surface area (Å²) in [6.07, 6.45) is 1.25. The van der Waals surface area contributed by atoms with E-state index in [9.17, 15) is 13.2 Å². The fraction of sp³-hybridized carbons (Fsp3) is 0.278. The van der Waals surface area contributed by atoms with Gasteiger partial charge in [-0.15, -0.1) is 0 Å². The van der Waals surface area contributed by atoms with Crippen LogP contribution < -0.4 is 5.32 Å². The Labute approximate surface area is 163 Å². The van der Waals surface area contributed by atoms with E-state index in [0.717, 1.165) is 0 Å². The van der Waals surface area contributed by atoms with Crippen molar-refractivity contribution in [2.75, 3.05) is 18.4 Å². The number of nitrogens with one attached hydrogen (secondary N) is 1. The molecule has 2 aromatic carbocycles. The number of para-hydroxylation sites is 1. The zero-order valence-corrected chi connectivity index (χ0v) is 16.2. The van der Waals surface area contributed by atoms with Crippen molar-refractivity contribution in [3.63, 3.8) is 0 Å². The lowest BCUT2D eigenvalue weighted by atomic mass is 9.99. The quantitative estimate of drug-likeness (QED) is 0.823. The zero-order chi connectivity index (χ0) is 18.7. The molecule has 0 spiro atoms. The van der Waals surface area contributed by atoms with Gasteiger partial charge < -0.3 is 5.32 Å². The highest BCUT2D eigenvalue weighted by Gasteiger charge is 2.33. The average Bonchev–Trinajstić information content (AvgIpc) is 2.64. The first-order valence-electron chi connectivity index (χ1n) is 8.19. The Morgan fingerprint density at radius 1 is 1.08 bits per heavy atom. The third kappa shape index (κ3) is 4.20. The monoisotopic (exact) mass is 412 g/mol. The number of rotatable bonds is 4. The van der Waals surface area contributed by atoms with Crippen molar-refractivity contribution in [1.82, 2.24) is 4.31 Å². The highest BCUT2D eigenvalue weighted by atomic mass is 35.5. The van der Waals surface area contributed by atoms with Gasteiger partial charge in [-0.25, -0.2) is 8.42 Å². The molecular weight excluding hydrogens is 395 g/mol. The molecule has 8 heteroatoms. The van der Waals surface area contributed by atoms with Crippen molar-refractivity contribution < 1.29 is 13.2 Å². The third-order valence-corrected chi connectivity index (χ3v) is 6.80. The maximum absolute atomic E-state index is 12.8. The van der Waals surface area contributed by atoms with E-state index in [4.69, 9.17) is 23.2 Å². The first-order chi connectivity index (χ1) is 12.4. The van der Waals surface area contributed by atoms with E-state index in [0.29, 0.717) is 35.1 Å². The average molecular weight is 413 g/mol. The lowest BCUT2D eigenvalue weighted by Crippen LogP contribution is -2.43. The molecule has 5 nitrogen and oxygen atoms in total. The van der Waals surface area contributed by atoms with Crippen LogP contribution in [0.5, 0.6) is 0 Å². The molecular formula is C18H18Cl2N2O3S. The van der Waals surface area contributed by atoms with Crippen molar-refractivity contribution in [2.45, 2.75) is 17.7 Å². The number of sulfonamides is 1. The van der Waals surface area contributed by atoms with Gasteiger partial charge in [-0.3, -0.25) is 4.79 Å². The minimum Gasteiger partial charge on any atom is -0.324 e. The van der Waals surface area contributed by atoms with E-state index < -0.39 is 15.9 Å². The third-order valence-electron chi connectivity index (χ3n) is 4.34. The summed E-state index contributed by atoms with van der Waals surface area (Å²) in [4.78, 5) is 12.7. The van der Waals surface area contributed by atoms with Crippen molar-refractivity contribution in [2.24, 2.45) is 5.92 Å². The molecule has 1 aliphatic heterocycles. The molecule has 1 heterocycles. The molecule has 0 radical (unpaired) electrons. The van der Waals surface area contributed by atoms with Gasteiger partial charge >= 0.3 is 0 Å². The van der Waals surface area contributed by atoms with Crippen molar-refractivity contribution in [1.29, 1.82) is 0 Å². The van der Waals surface area contributed by atoms with Crippen molar-refractivity contribution in [3.05, 3.63) is 58.6 Å². The smallest absolute Gasteiger partial charge is 0.243 e. The number of carbonyl (C=O) groups excluding carboxylic acids is 1. The topological polar surface area (TPSA) is 66.5 Å². The van der Waals surface area contributed by atoms with Gasteiger partial charge in [0.2, 0.25) is 15.9 Å². The maximum Gasteiger partial charge on any atom is 0.243 e. The number of hydrogen-bond acceptors (Lipinski definition) is 3. The summed E-state index contributed by atoms with van der Waals surface area (Å²) in [5, 5.41) is 3.71. The molecule has 1 aliphatic rings. The number of amides is 1. The number of benzene rings is 2. The van der Waals surface area contributed by atoms with E-state index in [1.54, 1.807) is 36.4 Å². The summed E-state index contributed by atoms with van der Waals surface area (Å²) < 4.78 is 27.0. The fourth-order valence-electron chi connectivity index (χ4n) is 2.93. The molecule has 138 valence electrons. The molecule has 26 heavy (non-hydrogen) atoms. The highest BCUT2D eigenvalue weighted by Crippen LogP contribution is 2.27. The van der Waals surface area contributed by atoms with Gasteiger partial charge in [0.05, 0.1) is 21.5 Å². The van der Waals surface area contributed by atoms with Crippen LogP contribution in [0.2, 0.25) is 10.0 Å². The van der Waals surface area contributed by atoms with Crippen LogP contribution in [-0.2, 0) is 14.8 Å². The standard InChI is InChI=1S/C18H18Cl2N2O3S/c19-14-7-9-15(10-8-14)26(24,25)22-11-3-4-13(12-22)18(23)21-17-6-2-1-5-16(17)20/h1-2,5-10,13H,3-4,11-12H2,(H,21,23)/t13-/m1/s1. The Kier molecular flexibility index (Phi) is 5.87. The van der Waals surface area contributed by atoms with E-state index in [2.05, 4.69) is 5.32 Å². The van der Waals surface area contributed by atoms with Crippen LogP contribution in [0.25, 0.3) is 0 Å². The minimum absolute atomic E-state index is 0.140. The van der Waals surface area contributed by atoms with Crippen LogP contribution in [-0.4, -0.2) is 31.7 Å². The van der Waals surface area contributed by atoms with Gasteiger partial charge in [-0.05, 0) is 49.2 Å². The summed E-state index contributed by atoms with van der Waals surface area (Å²) in [5.74, 6) is -0.656. The van der Waals surface area contributed by atoms with Crippen molar-refractivity contribution in [3.8, 4) is 0 Å². The molecule has 1 N–H and O–H groups in total. The molecule has 2 aromatic rings. The van der Waals surface area contributed by atoms with Gasteiger partial charge in [0, 0.05) is 18.1 Å². The van der Waals surface area contributed by atoms with Gasteiger partial charge in [0.1, 0.15) is 0 Å². The number of halogens is 2. The Morgan fingerprint density at radius 3 is 2.46 bits per heavy atom. The second-order valence-electron chi connectivity index (χ2n) is 6.13. The Balaban J connectivity index is 1.73. The summed E-state index contributed by atoms with van der Waals surface area (Å²) >= 11 is 11.9. The van der Waals surface area contributed by atoms with Crippen LogP contribution in [0.3, 0.4) is 0 Å². The Morgan fingerprint density at radius 2 is 1.77 bits per heavy atom. The molecule has 3 rings (SSSR count). The van der Waals surface area contributed by atoms with Crippen LogP contribution in [0, 0.1) is 5.92 Å². The summed E-state index contributed by atoms with van der Waals surface area (Å²) in [6.45, 7) is 0.530. The number of hydrogen-bond donors (Lipinski definition) is 1. The largest absolute Gasteiger partial charge is 0.324 e. The molecule has 0 saturated carbocycles. The van der Waals surface area contributed by atoms with E-state index in [1.165, 1.54) is 16.4 Å². The first-order valence-corrected chi connectivity index (χ1v) is 10.4. The predicted octanol–water partition coefficient (Wildman–Crippen LogP) is 4.03. The molecule has 0 aromatic heterocycles. The van der Waals surface area contributed by atoms with Crippen LogP contribution in [0.15, 0.2) is 53.4 Å². The second-order valence-corrected chi connectivity index (χ2v) is 8.91. The lowest BCUT2D eigenvalue weighted by molar-refractivity contribution is -0.120. The normalized spacial score (nSPS) is 18.5. The van der Waals surface area contributed by atoms with Crippen LogP contribution in [0.1, 0.15) is 12.8 Å². The zero-order valence-electron chi connectivity index (χ0n) is 13.9. The minimum atomic E-state index is -3.66. The maximum atomic E-state index is 12.8. The number of anilines is 1. The summed E-state index contributed by atoms with van der Waals surface area (Å²) in [7, 11) is -3.66. The highest BCUT2D eigenvalue weighted by molar-refractivity contribution is 7.89. The van der Waals surface area contributed by atoms with Crippen LogP contribution in [0.4, 0.5) is 5.69 Å². The lowest BCUT2D eigenvalue weighted by Gasteiger charge is -2.31. The van der Waals surface area contributed by atoms with Gasteiger partial charge in [0.25, 0.3) is 0 Å². The number of piperidine rings is 1. The number of nitrogens with zero attached hydrogens (tertiary/aromatic N) is 1. The SMILES string of the molecule is O=C(Nc1ccccc1Cl)[C@@H]1CCCN(S(=O)(=O)c2ccc(Cl)cc2)C1. The fourth-order valence-corrected chi connectivity index (χ4v) is 4.76. The summed E-state index contributed by atoms with van der Waals surface area (Å²) in [5.41, 5.74) is 0.525. The molecule has 1 amide bonds. The van der Waals surface area contributed by atoms with E-state index in [1.807, 2.05) is 0 Å². The molecule has 1 fully saturated rings. The molecule has 0 unspecified atom stereocenters. The number of carbonyl (C=O) groups is 1. The molecule has 1 saturated heterocycles. The predicted molar refractivity (Wildman–Crippen MR) is 103 cm³/mol. The second kappa shape index (κ2) is 7.96. The Bertz CT molecular complexity index is 901. The molecule has 0 bridgehead atoms. The van der Waals surface area contributed by atoms with Crippen molar-refractivity contribution >= 4 is 44.8 Å².